The van der Waals surface area contributed by atoms with E-state index in [0.29, 0.717) is 11.4 Å². The molecule has 0 saturated carbocycles. The zero-order valence-electron chi connectivity index (χ0n) is 15.4. The Morgan fingerprint density at radius 3 is 2.93 bits per heavy atom. The quantitative estimate of drug-likeness (QED) is 0.745. The van der Waals surface area contributed by atoms with Crippen molar-refractivity contribution in [3.63, 3.8) is 0 Å². The Hall–Kier alpha value is -2.80. The molecule has 0 bridgehead atoms. The third-order valence-electron chi connectivity index (χ3n) is 4.46. The predicted molar refractivity (Wildman–Crippen MR) is 102 cm³/mol. The lowest BCUT2D eigenvalue weighted by molar-refractivity contribution is -0.135. The fourth-order valence-corrected chi connectivity index (χ4v) is 3.15. The summed E-state index contributed by atoms with van der Waals surface area (Å²) in [4.78, 5) is 26.6. The van der Waals surface area contributed by atoms with Gasteiger partial charge in [-0.3, -0.25) is 9.59 Å². The number of benzene rings is 1. The van der Waals surface area contributed by atoms with Crippen LogP contribution in [0.1, 0.15) is 30.3 Å². The van der Waals surface area contributed by atoms with Crippen LogP contribution in [0.3, 0.4) is 0 Å². The van der Waals surface area contributed by atoms with E-state index >= 15 is 0 Å². The highest BCUT2D eigenvalue weighted by molar-refractivity contribution is 6.02. The van der Waals surface area contributed by atoms with Gasteiger partial charge in [-0.15, -0.1) is 0 Å². The van der Waals surface area contributed by atoms with E-state index in [1.807, 2.05) is 4.90 Å². The van der Waals surface area contributed by atoms with E-state index in [0.717, 1.165) is 32.5 Å². The molecular weight excluding hydrogens is 346 g/mol. The maximum Gasteiger partial charge on any atom is 0.291 e. The Balaban J connectivity index is 1.57. The van der Waals surface area contributed by atoms with Crippen molar-refractivity contribution in [1.29, 1.82) is 0 Å². The number of hydrogen-bond acceptors (Lipinski definition) is 5. The van der Waals surface area contributed by atoms with Crippen LogP contribution >= 0.6 is 0 Å². The summed E-state index contributed by atoms with van der Waals surface area (Å²) in [6, 6.07) is 10.5. The summed E-state index contributed by atoms with van der Waals surface area (Å²) in [5.41, 5.74) is 0.576. The standard InChI is InChI=1S/C20H25N3O4/c1-2-10-23(16-8-9-21-13-16)19(24)14-27-17-6-3-5-15(12-17)22-20(25)18-7-4-11-26-18/h3-7,11-12,16,21H,2,8-10,13-14H2,1H3,(H,22,25). The van der Waals surface area contributed by atoms with Gasteiger partial charge in [0.15, 0.2) is 12.4 Å². The zero-order valence-corrected chi connectivity index (χ0v) is 15.4. The third-order valence-corrected chi connectivity index (χ3v) is 4.46. The van der Waals surface area contributed by atoms with Crippen molar-refractivity contribution in [2.45, 2.75) is 25.8 Å². The van der Waals surface area contributed by atoms with Crippen molar-refractivity contribution in [2.24, 2.45) is 0 Å². The number of ether oxygens (including phenoxy) is 1. The number of hydrogen-bond donors (Lipinski definition) is 2. The van der Waals surface area contributed by atoms with Gasteiger partial charge < -0.3 is 24.7 Å². The molecule has 7 nitrogen and oxygen atoms in total. The van der Waals surface area contributed by atoms with E-state index in [2.05, 4.69) is 17.6 Å². The minimum absolute atomic E-state index is 0.0180. The molecule has 1 unspecified atom stereocenters. The van der Waals surface area contributed by atoms with E-state index in [-0.39, 0.29) is 30.2 Å². The Morgan fingerprint density at radius 1 is 1.33 bits per heavy atom. The highest BCUT2D eigenvalue weighted by atomic mass is 16.5. The number of carbonyl (C=O) groups excluding carboxylic acids is 2. The third kappa shape index (κ3) is 5.10. The van der Waals surface area contributed by atoms with Gasteiger partial charge in [-0.1, -0.05) is 13.0 Å². The predicted octanol–water partition coefficient (Wildman–Crippen LogP) is 2.51. The Labute approximate surface area is 158 Å². The van der Waals surface area contributed by atoms with Crippen molar-refractivity contribution in [2.75, 3.05) is 31.6 Å². The van der Waals surface area contributed by atoms with Crippen molar-refractivity contribution in [3.8, 4) is 5.75 Å². The molecule has 0 spiro atoms. The summed E-state index contributed by atoms with van der Waals surface area (Å²) in [6.45, 7) is 4.55. The van der Waals surface area contributed by atoms with Crippen LogP contribution in [-0.4, -0.2) is 49.0 Å². The minimum Gasteiger partial charge on any atom is -0.484 e. The molecule has 2 amide bonds. The molecule has 144 valence electrons. The van der Waals surface area contributed by atoms with Crippen LogP contribution in [0.2, 0.25) is 0 Å². The summed E-state index contributed by atoms with van der Waals surface area (Å²) in [5.74, 6) is 0.408. The molecule has 0 aliphatic carbocycles. The number of amides is 2. The minimum atomic E-state index is -0.337. The fraction of sp³-hybridized carbons (Fsp3) is 0.400. The van der Waals surface area contributed by atoms with Gasteiger partial charge in [0, 0.05) is 30.9 Å². The molecule has 2 N–H and O–H groups in total. The van der Waals surface area contributed by atoms with Gasteiger partial charge in [0.25, 0.3) is 11.8 Å². The Kier molecular flexibility index (Phi) is 6.49. The number of nitrogens with zero attached hydrogens (tertiary/aromatic N) is 1. The lowest BCUT2D eigenvalue weighted by Crippen LogP contribution is -2.44. The van der Waals surface area contributed by atoms with Crippen LogP contribution in [0, 0.1) is 0 Å². The second kappa shape index (κ2) is 9.23. The van der Waals surface area contributed by atoms with Crippen molar-refractivity contribution >= 4 is 17.5 Å². The van der Waals surface area contributed by atoms with Gasteiger partial charge in [0.2, 0.25) is 0 Å². The summed E-state index contributed by atoms with van der Waals surface area (Å²) >= 11 is 0. The molecule has 1 atom stereocenters. The van der Waals surface area contributed by atoms with Gasteiger partial charge in [-0.2, -0.15) is 0 Å². The largest absolute Gasteiger partial charge is 0.484 e. The first kappa shape index (κ1) is 19.0. The van der Waals surface area contributed by atoms with E-state index in [9.17, 15) is 9.59 Å². The average Bonchev–Trinajstić information content (AvgIpc) is 3.38. The van der Waals surface area contributed by atoms with Crippen molar-refractivity contribution in [3.05, 3.63) is 48.4 Å². The van der Waals surface area contributed by atoms with Crippen LogP contribution in [0.5, 0.6) is 5.75 Å². The van der Waals surface area contributed by atoms with Crippen molar-refractivity contribution in [1.82, 2.24) is 10.2 Å². The molecule has 3 rings (SSSR count). The highest BCUT2D eigenvalue weighted by Gasteiger charge is 2.26. The lowest BCUT2D eigenvalue weighted by atomic mass is 10.2. The molecule has 1 aromatic carbocycles. The number of furan rings is 1. The van der Waals surface area contributed by atoms with E-state index in [1.165, 1.54) is 6.26 Å². The van der Waals surface area contributed by atoms with Crippen LogP contribution < -0.4 is 15.4 Å². The van der Waals surface area contributed by atoms with Gasteiger partial charge in [0.05, 0.1) is 6.26 Å². The van der Waals surface area contributed by atoms with Crippen LogP contribution in [0.15, 0.2) is 47.1 Å². The highest BCUT2D eigenvalue weighted by Crippen LogP contribution is 2.19. The Bertz CT molecular complexity index is 754. The van der Waals surface area contributed by atoms with Gasteiger partial charge >= 0.3 is 0 Å². The number of nitrogens with one attached hydrogen (secondary N) is 2. The molecule has 1 fully saturated rings. The van der Waals surface area contributed by atoms with Gasteiger partial charge in [-0.25, -0.2) is 0 Å². The summed E-state index contributed by atoms with van der Waals surface area (Å²) in [6.07, 6.45) is 3.33. The van der Waals surface area contributed by atoms with Crippen LogP contribution in [0.4, 0.5) is 5.69 Å². The molecular formula is C20H25N3O4. The summed E-state index contributed by atoms with van der Waals surface area (Å²) < 4.78 is 10.8. The van der Waals surface area contributed by atoms with E-state index < -0.39 is 0 Å². The first-order valence-corrected chi connectivity index (χ1v) is 9.25. The molecule has 1 aliphatic rings. The first-order valence-electron chi connectivity index (χ1n) is 9.25. The topological polar surface area (TPSA) is 83.8 Å². The summed E-state index contributed by atoms with van der Waals surface area (Å²) in [7, 11) is 0. The number of rotatable bonds is 8. The van der Waals surface area contributed by atoms with E-state index in [1.54, 1.807) is 36.4 Å². The number of anilines is 1. The zero-order chi connectivity index (χ0) is 19.1. The SMILES string of the molecule is CCCN(C(=O)COc1cccc(NC(=O)c2ccco2)c1)C1CCNC1. The molecule has 2 heterocycles. The molecule has 0 radical (unpaired) electrons. The van der Waals surface area contributed by atoms with Gasteiger partial charge in [-0.05, 0) is 43.7 Å². The molecule has 27 heavy (non-hydrogen) atoms. The molecule has 1 aliphatic heterocycles. The van der Waals surface area contributed by atoms with Gasteiger partial charge in [0.1, 0.15) is 5.75 Å². The van der Waals surface area contributed by atoms with Crippen molar-refractivity contribution < 1.29 is 18.7 Å². The first-order chi connectivity index (χ1) is 13.2. The average molecular weight is 371 g/mol. The molecule has 1 saturated heterocycles. The lowest BCUT2D eigenvalue weighted by Gasteiger charge is -2.28. The molecule has 1 aromatic heterocycles. The van der Waals surface area contributed by atoms with Crippen LogP contribution in [0.25, 0.3) is 0 Å². The maximum atomic E-state index is 12.6. The smallest absolute Gasteiger partial charge is 0.291 e. The fourth-order valence-electron chi connectivity index (χ4n) is 3.15. The van der Waals surface area contributed by atoms with E-state index in [4.69, 9.17) is 9.15 Å². The van der Waals surface area contributed by atoms with Crippen LogP contribution in [-0.2, 0) is 4.79 Å². The second-order valence-corrected chi connectivity index (χ2v) is 6.48. The molecule has 7 heteroatoms. The second-order valence-electron chi connectivity index (χ2n) is 6.48. The maximum absolute atomic E-state index is 12.6. The Morgan fingerprint density at radius 2 is 2.22 bits per heavy atom. The summed E-state index contributed by atoms with van der Waals surface area (Å²) in [5, 5.41) is 6.04. The number of carbonyl (C=O) groups is 2. The molecule has 2 aromatic rings. The normalized spacial score (nSPS) is 16.1. The monoisotopic (exact) mass is 371 g/mol.